The number of hydrogen-bond donors (Lipinski definition) is 0. The van der Waals surface area contributed by atoms with Crippen LogP contribution in [0.25, 0.3) is 0 Å². The molecule has 0 rings (SSSR count). The predicted molar refractivity (Wildman–Crippen MR) is 67.5 cm³/mol. The van der Waals surface area contributed by atoms with E-state index in [1.807, 2.05) is 41.5 Å². The molecule has 0 aromatic rings. The van der Waals surface area contributed by atoms with E-state index in [4.69, 9.17) is 0 Å². The highest BCUT2D eigenvalue weighted by Crippen LogP contribution is 2.13. The number of carbonyl (C=O) groups excluding carboxylic acids is 2. The first-order valence-electron chi connectivity index (χ1n) is 5.74. The van der Waals surface area contributed by atoms with Gasteiger partial charge < -0.3 is 9.47 Å². The minimum absolute atomic E-state index is 0.0231. The molecule has 0 aromatic heterocycles. The van der Waals surface area contributed by atoms with Gasteiger partial charge in [0, 0.05) is 0 Å². The molecule has 0 aliphatic rings. The average molecular weight is 246 g/mol. The molecule has 1 atom stereocenters. The second-order valence-electron chi connectivity index (χ2n) is 5.30. The topological polar surface area (TPSA) is 52.6 Å². The maximum absolute atomic E-state index is 10.7. The van der Waals surface area contributed by atoms with Gasteiger partial charge in [0.15, 0.2) is 0 Å². The van der Waals surface area contributed by atoms with Gasteiger partial charge in [-0.15, -0.1) is 0 Å². The molecule has 0 saturated carbocycles. The van der Waals surface area contributed by atoms with Crippen LogP contribution < -0.4 is 0 Å². The first kappa shape index (κ1) is 18.3. The van der Waals surface area contributed by atoms with Gasteiger partial charge >= 0.3 is 11.9 Å². The maximum atomic E-state index is 10.7. The van der Waals surface area contributed by atoms with Gasteiger partial charge in [-0.2, -0.15) is 0 Å². The number of ether oxygens (including phenoxy) is 2. The zero-order valence-corrected chi connectivity index (χ0v) is 12.3. The average Bonchev–Trinajstić information content (AvgIpc) is 2.25. The first-order chi connectivity index (χ1) is 7.57. The van der Waals surface area contributed by atoms with Crippen molar-refractivity contribution in [1.29, 1.82) is 0 Å². The van der Waals surface area contributed by atoms with Gasteiger partial charge in [-0.25, -0.2) is 0 Å². The van der Waals surface area contributed by atoms with E-state index in [9.17, 15) is 9.59 Å². The Morgan fingerprint density at radius 3 is 1.41 bits per heavy atom. The molecule has 0 aromatic carbocycles. The Bertz CT molecular complexity index is 238. The van der Waals surface area contributed by atoms with Crippen molar-refractivity contribution in [3.05, 3.63) is 0 Å². The number of methoxy groups -OCH3 is 2. The third-order valence-electron chi connectivity index (χ3n) is 2.37. The maximum Gasteiger partial charge on any atom is 0.310 e. The molecule has 0 aliphatic heterocycles. The van der Waals surface area contributed by atoms with E-state index < -0.39 is 0 Å². The van der Waals surface area contributed by atoms with Gasteiger partial charge in [0.1, 0.15) is 0 Å². The molecule has 0 spiro atoms. The Kier molecular flexibility index (Phi) is 8.72. The van der Waals surface area contributed by atoms with Crippen LogP contribution in [0.3, 0.4) is 0 Å². The molecule has 0 heterocycles. The zero-order chi connectivity index (χ0) is 14.2. The standard InChI is InChI=1S/C7H14O2.C6H12O2/c1-5(2)6(3)7(8)9-4;1-6(2,3)5(7)8-4/h5-6H,1-4H3;1-4H3. The van der Waals surface area contributed by atoms with Crippen molar-refractivity contribution in [1.82, 2.24) is 0 Å². The lowest BCUT2D eigenvalue weighted by Crippen LogP contribution is -2.21. The van der Waals surface area contributed by atoms with E-state index >= 15 is 0 Å². The first-order valence-corrected chi connectivity index (χ1v) is 5.74. The van der Waals surface area contributed by atoms with Crippen molar-refractivity contribution < 1.29 is 19.1 Å². The Labute approximate surface area is 105 Å². The minimum Gasteiger partial charge on any atom is -0.469 e. The van der Waals surface area contributed by atoms with Crippen molar-refractivity contribution in [2.75, 3.05) is 14.2 Å². The summed E-state index contributed by atoms with van der Waals surface area (Å²) in [6.07, 6.45) is 0. The van der Waals surface area contributed by atoms with E-state index in [0.717, 1.165) is 0 Å². The third-order valence-corrected chi connectivity index (χ3v) is 2.37. The van der Waals surface area contributed by atoms with E-state index in [1.54, 1.807) is 0 Å². The second-order valence-corrected chi connectivity index (χ2v) is 5.30. The van der Waals surface area contributed by atoms with Gasteiger partial charge in [0.05, 0.1) is 25.6 Å². The molecule has 0 N–H and O–H groups in total. The van der Waals surface area contributed by atoms with E-state index in [1.165, 1.54) is 14.2 Å². The van der Waals surface area contributed by atoms with Gasteiger partial charge in [0.2, 0.25) is 0 Å². The highest BCUT2D eigenvalue weighted by atomic mass is 16.5. The van der Waals surface area contributed by atoms with Gasteiger partial charge in [0.25, 0.3) is 0 Å². The van der Waals surface area contributed by atoms with Gasteiger partial charge in [-0.3, -0.25) is 9.59 Å². The summed E-state index contributed by atoms with van der Waals surface area (Å²) in [4.78, 5) is 21.3. The molecule has 0 fully saturated rings. The number of carbonyl (C=O) groups is 2. The molecule has 0 radical (unpaired) electrons. The molecular formula is C13H26O4. The second kappa shape index (κ2) is 8.09. The van der Waals surface area contributed by atoms with Crippen LogP contribution >= 0.6 is 0 Å². The fraction of sp³-hybridized carbons (Fsp3) is 0.846. The van der Waals surface area contributed by atoms with Crippen LogP contribution in [-0.4, -0.2) is 26.2 Å². The largest absolute Gasteiger partial charge is 0.469 e. The Hall–Kier alpha value is -1.06. The third kappa shape index (κ3) is 8.72. The summed E-state index contributed by atoms with van der Waals surface area (Å²) in [5.41, 5.74) is -0.352. The summed E-state index contributed by atoms with van der Waals surface area (Å²) < 4.78 is 9.01. The lowest BCUT2D eigenvalue weighted by atomic mass is 9.98. The summed E-state index contributed by atoms with van der Waals surface area (Å²) in [6, 6.07) is 0. The zero-order valence-electron chi connectivity index (χ0n) is 12.3. The fourth-order valence-corrected chi connectivity index (χ4v) is 0.764. The van der Waals surface area contributed by atoms with Crippen molar-refractivity contribution in [3.63, 3.8) is 0 Å². The Balaban J connectivity index is 0. The van der Waals surface area contributed by atoms with E-state index in [2.05, 4.69) is 9.47 Å². The van der Waals surface area contributed by atoms with Crippen LogP contribution in [0.2, 0.25) is 0 Å². The van der Waals surface area contributed by atoms with Crippen molar-refractivity contribution >= 4 is 11.9 Å². The van der Waals surface area contributed by atoms with E-state index in [-0.39, 0.29) is 23.3 Å². The molecule has 4 heteroatoms. The monoisotopic (exact) mass is 246 g/mol. The van der Waals surface area contributed by atoms with Crippen LogP contribution in [0.4, 0.5) is 0 Å². The molecular weight excluding hydrogens is 220 g/mol. The Morgan fingerprint density at radius 2 is 1.35 bits per heavy atom. The van der Waals surface area contributed by atoms with Gasteiger partial charge in [-0.1, -0.05) is 20.8 Å². The summed E-state index contributed by atoms with van der Waals surface area (Å²) in [7, 11) is 2.81. The lowest BCUT2D eigenvalue weighted by Gasteiger charge is -2.13. The predicted octanol–water partition coefficient (Wildman–Crippen LogP) is 2.66. The number of hydrogen-bond acceptors (Lipinski definition) is 4. The molecule has 1 unspecified atom stereocenters. The fourth-order valence-electron chi connectivity index (χ4n) is 0.764. The molecule has 17 heavy (non-hydrogen) atoms. The summed E-state index contributed by atoms with van der Waals surface area (Å²) in [6.45, 7) is 11.3. The van der Waals surface area contributed by atoms with Crippen LogP contribution in [0.5, 0.6) is 0 Å². The Morgan fingerprint density at radius 1 is 0.941 bits per heavy atom. The highest BCUT2D eigenvalue weighted by Gasteiger charge is 2.21. The highest BCUT2D eigenvalue weighted by molar-refractivity contribution is 5.75. The molecule has 0 bridgehead atoms. The molecule has 0 saturated heterocycles. The molecule has 102 valence electrons. The number of esters is 2. The SMILES string of the molecule is COC(=O)C(C)(C)C.COC(=O)C(C)C(C)C. The minimum atomic E-state index is -0.352. The molecule has 0 amide bonds. The normalized spacial score (nSPS) is 12.3. The summed E-state index contributed by atoms with van der Waals surface area (Å²) in [5, 5.41) is 0. The molecule has 4 nitrogen and oxygen atoms in total. The molecule has 0 aliphatic carbocycles. The quantitative estimate of drug-likeness (QED) is 0.703. The van der Waals surface area contributed by atoms with Crippen molar-refractivity contribution in [2.45, 2.75) is 41.5 Å². The van der Waals surface area contributed by atoms with Crippen LogP contribution in [0, 0.1) is 17.3 Å². The van der Waals surface area contributed by atoms with Crippen molar-refractivity contribution in [2.24, 2.45) is 17.3 Å². The van der Waals surface area contributed by atoms with E-state index in [0.29, 0.717) is 5.92 Å². The van der Waals surface area contributed by atoms with Crippen LogP contribution in [0.15, 0.2) is 0 Å². The van der Waals surface area contributed by atoms with Crippen molar-refractivity contribution in [3.8, 4) is 0 Å². The summed E-state index contributed by atoms with van der Waals surface area (Å²) >= 11 is 0. The number of rotatable bonds is 2. The lowest BCUT2D eigenvalue weighted by molar-refractivity contribution is -0.149. The van der Waals surface area contributed by atoms with Crippen LogP contribution in [-0.2, 0) is 19.1 Å². The summed E-state index contributed by atoms with van der Waals surface area (Å²) in [5.74, 6) is 0.106. The van der Waals surface area contributed by atoms with Gasteiger partial charge in [-0.05, 0) is 26.7 Å². The van der Waals surface area contributed by atoms with Crippen LogP contribution in [0.1, 0.15) is 41.5 Å². The smallest absolute Gasteiger partial charge is 0.310 e.